The Bertz CT molecular complexity index is 695. The number of hydrogen-bond donors (Lipinski definition) is 0. The quantitative estimate of drug-likeness (QED) is 0.857. The number of aryl methyl sites for hydroxylation is 1. The van der Waals surface area contributed by atoms with E-state index in [1.54, 1.807) is 32.1 Å². The number of rotatable bonds is 3. The lowest BCUT2D eigenvalue weighted by molar-refractivity contribution is -0.121. The number of nitrogens with zero attached hydrogens (tertiary/aromatic N) is 1. The summed E-state index contributed by atoms with van der Waals surface area (Å²) in [4.78, 5) is 14.0. The lowest BCUT2D eigenvalue weighted by Gasteiger charge is -2.29. The minimum Gasteiger partial charge on any atom is -0.304 e. The van der Waals surface area contributed by atoms with E-state index in [-0.39, 0.29) is 17.6 Å². The summed E-state index contributed by atoms with van der Waals surface area (Å²) in [6.45, 7) is 5.46. The van der Waals surface area contributed by atoms with E-state index in [0.717, 1.165) is 5.56 Å². The topological polar surface area (TPSA) is 54.5 Å². The Morgan fingerprint density at radius 1 is 1.38 bits per heavy atom. The molecule has 0 radical (unpaired) electrons. The Balaban J connectivity index is 2.44. The van der Waals surface area contributed by atoms with Crippen LogP contribution in [0.25, 0.3) is 0 Å². The first-order chi connectivity index (χ1) is 9.71. The van der Waals surface area contributed by atoms with Crippen molar-refractivity contribution in [2.24, 2.45) is 5.92 Å². The van der Waals surface area contributed by atoms with Crippen molar-refractivity contribution in [1.29, 1.82) is 0 Å². The molecule has 4 nitrogen and oxygen atoms in total. The summed E-state index contributed by atoms with van der Waals surface area (Å²) in [5.41, 5.74) is 1.53. The van der Waals surface area contributed by atoms with Gasteiger partial charge in [0.2, 0.25) is 5.91 Å². The number of carbonyl (C=O) groups is 1. The van der Waals surface area contributed by atoms with Crippen LogP contribution in [-0.2, 0) is 14.6 Å². The second-order valence-electron chi connectivity index (χ2n) is 5.52. The predicted molar refractivity (Wildman–Crippen MR) is 85.2 cm³/mol. The fourth-order valence-corrected chi connectivity index (χ4v) is 3.65. The van der Waals surface area contributed by atoms with Gasteiger partial charge in [-0.05, 0) is 30.7 Å². The summed E-state index contributed by atoms with van der Waals surface area (Å²) in [5.74, 6) is -0.444. The smallest absolute Gasteiger partial charge is 0.230 e. The first-order valence-corrected chi connectivity index (χ1v) is 8.81. The molecule has 21 heavy (non-hydrogen) atoms. The van der Waals surface area contributed by atoms with E-state index < -0.39 is 15.9 Å². The van der Waals surface area contributed by atoms with E-state index in [1.807, 2.05) is 13.0 Å². The van der Waals surface area contributed by atoms with E-state index in [1.165, 1.54) is 10.3 Å². The van der Waals surface area contributed by atoms with Gasteiger partial charge in [-0.2, -0.15) is 0 Å². The molecule has 1 aliphatic rings. The number of hydrogen-bond acceptors (Lipinski definition) is 3. The van der Waals surface area contributed by atoms with Crippen molar-refractivity contribution in [3.63, 3.8) is 0 Å². The molecule has 0 aromatic heterocycles. The van der Waals surface area contributed by atoms with Gasteiger partial charge in [0.25, 0.3) is 0 Å². The summed E-state index contributed by atoms with van der Waals surface area (Å²) in [6.07, 6.45) is 1.56. The molecule has 0 unspecified atom stereocenters. The summed E-state index contributed by atoms with van der Waals surface area (Å²) in [7, 11) is -3.23. The molecule has 0 spiro atoms. The molecular formula is C15H18ClNO3S. The molecule has 1 atom stereocenters. The van der Waals surface area contributed by atoms with Gasteiger partial charge in [0.1, 0.15) is 0 Å². The molecule has 0 aliphatic carbocycles. The average molecular weight is 328 g/mol. The minimum absolute atomic E-state index is 0.0864. The minimum atomic E-state index is -3.23. The van der Waals surface area contributed by atoms with Crippen molar-refractivity contribution < 1.29 is 13.2 Å². The molecule has 2 rings (SSSR count). The van der Waals surface area contributed by atoms with Gasteiger partial charge in [-0.1, -0.05) is 31.5 Å². The van der Waals surface area contributed by atoms with Gasteiger partial charge in [-0.25, -0.2) is 8.42 Å². The molecule has 1 amide bonds. The van der Waals surface area contributed by atoms with Crippen LogP contribution in [0.5, 0.6) is 0 Å². The van der Waals surface area contributed by atoms with Crippen molar-refractivity contribution in [3.05, 3.63) is 40.3 Å². The Kier molecular flexibility index (Phi) is 4.44. The summed E-state index contributed by atoms with van der Waals surface area (Å²) in [5, 5.41) is 1.73. The molecule has 0 bridgehead atoms. The van der Waals surface area contributed by atoms with Crippen LogP contribution in [-0.4, -0.2) is 26.1 Å². The largest absolute Gasteiger partial charge is 0.304 e. The fraction of sp³-hybridized carbons (Fsp3) is 0.400. The highest BCUT2D eigenvalue weighted by Gasteiger charge is 2.32. The molecule has 0 N–H and O–H groups in total. The maximum absolute atomic E-state index is 12.5. The third kappa shape index (κ3) is 3.47. The van der Waals surface area contributed by atoms with E-state index in [9.17, 15) is 13.2 Å². The van der Waals surface area contributed by atoms with Crippen LogP contribution >= 0.6 is 11.6 Å². The number of sulfone groups is 1. The average Bonchev–Trinajstić information content (AvgIpc) is 2.74. The molecule has 1 aromatic carbocycles. The summed E-state index contributed by atoms with van der Waals surface area (Å²) < 4.78 is 23.3. The van der Waals surface area contributed by atoms with E-state index in [0.29, 0.717) is 10.7 Å². The zero-order chi connectivity index (χ0) is 15.8. The SMILES string of the molecule is Cc1ccc(N(C(=O)C(C)C)[C@@H]2C=CS(=O)(=O)C2)cc1Cl. The Hall–Kier alpha value is -1.33. The normalized spacial score (nSPS) is 20.0. The Morgan fingerprint density at radius 2 is 2.05 bits per heavy atom. The third-order valence-electron chi connectivity index (χ3n) is 3.41. The van der Waals surface area contributed by atoms with Crippen LogP contribution in [0.1, 0.15) is 19.4 Å². The predicted octanol–water partition coefficient (Wildman–Crippen LogP) is 2.95. The van der Waals surface area contributed by atoms with Crippen LogP contribution in [0.4, 0.5) is 5.69 Å². The second kappa shape index (κ2) is 5.81. The van der Waals surface area contributed by atoms with E-state index >= 15 is 0 Å². The van der Waals surface area contributed by atoms with Crippen molar-refractivity contribution in [2.75, 3.05) is 10.7 Å². The summed E-state index contributed by atoms with van der Waals surface area (Å²) in [6, 6.07) is 4.84. The van der Waals surface area contributed by atoms with Crippen LogP contribution in [0, 0.1) is 12.8 Å². The molecule has 1 aliphatic heterocycles. The highest BCUT2D eigenvalue weighted by Crippen LogP contribution is 2.28. The molecule has 114 valence electrons. The van der Waals surface area contributed by atoms with Crippen molar-refractivity contribution >= 4 is 33.0 Å². The van der Waals surface area contributed by atoms with E-state index in [2.05, 4.69) is 0 Å². The van der Waals surface area contributed by atoms with Crippen LogP contribution in [0.15, 0.2) is 29.7 Å². The molecule has 0 saturated carbocycles. The van der Waals surface area contributed by atoms with Gasteiger partial charge >= 0.3 is 0 Å². The zero-order valence-corrected chi connectivity index (χ0v) is 13.8. The standard InChI is InChI=1S/C15H18ClNO3S/c1-10(2)15(18)17(13-6-7-21(19,20)9-13)12-5-4-11(3)14(16)8-12/h4-8,10,13H,9H2,1-3H3/t13-/m1/s1. The van der Waals surface area contributed by atoms with Crippen molar-refractivity contribution in [3.8, 4) is 0 Å². The van der Waals surface area contributed by atoms with Gasteiger partial charge in [0, 0.05) is 22.0 Å². The lowest BCUT2D eigenvalue weighted by atomic mass is 10.1. The maximum Gasteiger partial charge on any atom is 0.230 e. The number of anilines is 1. The molecule has 0 saturated heterocycles. The first kappa shape index (κ1) is 16.0. The number of carbonyl (C=O) groups excluding carboxylic acids is 1. The monoisotopic (exact) mass is 327 g/mol. The van der Waals surface area contributed by atoms with Gasteiger partial charge in [0.05, 0.1) is 11.8 Å². The van der Waals surface area contributed by atoms with Gasteiger partial charge in [0.15, 0.2) is 9.84 Å². The van der Waals surface area contributed by atoms with E-state index in [4.69, 9.17) is 11.6 Å². The third-order valence-corrected chi connectivity index (χ3v) is 5.19. The zero-order valence-electron chi connectivity index (χ0n) is 12.2. The second-order valence-corrected chi connectivity index (χ2v) is 7.86. The fourth-order valence-electron chi connectivity index (χ4n) is 2.21. The van der Waals surface area contributed by atoms with Crippen LogP contribution in [0.2, 0.25) is 5.02 Å². The number of halogens is 1. The number of benzene rings is 1. The Morgan fingerprint density at radius 3 is 2.52 bits per heavy atom. The lowest BCUT2D eigenvalue weighted by Crippen LogP contribution is -2.43. The molecule has 6 heteroatoms. The highest BCUT2D eigenvalue weighted by molar-refractivity contribution is 7.94. The van der Waals surface area contributed by atoms with Gasteiger partial charge < -0.3 is 4.90 Å². The van der Waals surface area contributed by atoms with Gasteiger partial charge in [-0.3, -0.25) is 4.79 Å². The Labute approximate surface area is 130 Å². The maximum atomic E-state index is 12.5. The van der Waals surface area contributed by atoms with Crippen molar-refractivity contribution in [1.82, 2.24) is 0 Å². The highest BCUT2D eigenvalue weighted by atomic mass is 35.5. The number of amides is 1. The molecular weight excluding hydrogens is 310 g/mol. The van der Waals surface area contributed by atoms with Crippen LogP contribution in [0.3, 0.4) is 0 Å². The van der Waals surface area contributed by atoms with Crippen molar-refractivity contribution in [2.45, 2.75) is 26.8 Å². The first-order valence-electron chi connectivity index (χ1n) is 6.71. The molecule has 1 aromatic rings. The molecule has 1 heterocycles. The summed E-state index contributed by atoms with van der Waals surface area (Å²) >= 11 is 6.13. The molecule has 0 fully saturated rings. The van der Waals surface area contributed by atoms with Crippen LogP contribution < -0.4 is 4.90 Å². The van der Waals surface area contributed by atoms with Gasteiger partial charge in [-0.15, -0.1) is 0 Å².